The fraction of sp³-hybridized carbons (Fsp3) is 0.800. The van der Waals surface area contributed by atoms with Gasteiger partial charge in [-0.15, -0.1) is 0 Å². The first-order chi connectivity index (χ1) is 8.68. The lowest BCUT2D eigenvalue weighted by Gasteiger charge is -2.06. The van der Waals surface area contributed by atoms with Crippen molar-refractivity contribution in [2.24, 2.45) is 0 Å². The number of hydrogen-bond acceptors (Lipinski definition) is 2. The highest BCUT2D eigenvalue weighted by atomic mass is 16.5. The summed E-state index contributed by atoms with van der Waals surface area (Å²) in [4.78, 5) is 11.2. The standard InChI is InChI=1S/C15H29NO2/c1-4-5-6-7-9-12-18-13-10-8-11-16-15(17)14(2)3/h2,4-13H2,1,3H3,(H,16,17). The van der Waals surface area contributed by atoms with Crippen molar-refractivity contribution in [3.63, 3.8) is 0 Å². The van der Waals surface area contributed by atoms with Gasteiger partial charge in [0.05, 0.1) is 0 Å². The van der Waals surface area contributed by atoms with Crippen molar-refractivity contribution >= 4 is 5.91 Å². The van der Waals surface area contributed by atoms with Crippen molar-refractivity contribution in [2.75, 3.05) is 19.8 Å². The third kappa shape index (κ3) is 11.6. The van der Waals surface area contributed by atoms with Crippen LogP contribution in [0.1, 0.15) is 58.8 Å². The van der Waals surface area contributed by atoms with Gasteiger partial charge in [0.2, 0.25) is 5.91 Å². The summed E-state index contributed by atoms with van der Waals surface area (Å²) >= 11 is 0. The highest BCUT2D eigenvalue weighted by Gasteiger charge is 1.99. The van der Waals surface area contributed by atoms with E-state index in [4.69, 9.17) is 4.74 Å². The van der Waals surface area contributed by atoms with Gasteiger partial charge in [-0.3, -0.25) is 4.79 Å². The highest BCUT2D eigenvalue weighted by Crippen LogP contribution is 2.02. The van der Waals surface area contributed by atoms with Crippen LogP contribution < -0.4 is 5.32 Å². The molecule has 0 atom stereocenters. The van der Waals surface area contributed by atoms with Crippen molar-refractivity contribution in [3.05, 3.63) is 12.2 Å². The molecule has 3 heteroatoms. The second-order valence-corrected chi connectivity index (χ2v) is 4.77. The first-order valence-electron chi connectivity index (χ1n) is 7.20. The third-order valence-electron chi connectivity index (χ3n) is 2.78. The monoisotopic (exact) mass is 255 g/mol. The maximum absolute atomic E-state index is 11.2. The van der Waals surface area contributed by atoms with Crippen molar-refractivity contribution in [1.82, 2.24) is 5.32 Å². The molecule has 0 aromatic carbocycles. The van der Waals surface area contributed by atoms with Gasteiger partial charge in [-0.2, -0.15) is 0 Å². The van der Waals surface area contributed by atoms with Crippen molar-refractivity contribution in [3.8, 4) is 0 Å². The van der Waals surface area contributed by atoms with E-state index in [9.17, 15) is 4.79 Å². The number of ether oxygens (including phenoxy) is 1. The van der Waals surface area contributed by atoms with E-state index in [1.54, 1.807) is 6.92 Å². The van der Waals surface area contributed by atoms with E-state index in [-0.39, 0.29) is 5.91 Å². The van der Waals surface area contributed by atoms with Gasteiger partial charge in [-0.25, -0.2) is 0 Å². The summed E-state index contributed by atoms with van der Waals surface area (Å²) in [6.45, 7) is 9.93. The van der Waals surface area contributed by atoms with Crippen LogP contribution in [0.4, 0.5) is 0 Å². The minimum Gasteiger partial charge on any atom is -0.381 e. The SMILES string of the molecule is C=C(C)C(=O)NCCCCOCCCCCCC. The summed E-state index contributed by atoms with van der Waals surface area (Å²) in [6, 6.07) is 0. The number of carbonyl (C=O) groups is 1. The fourth-order valence-corrected chi connectivity index (χ4v) is 1.59. The van der Waals surface area contributed by atoms with Crippen LogP contribution in [0.3, 0.4) is 0 Å². The van der Waals surface area contributed by atoms with Gasteiger partial charge in [-0.1, -0.05) is 39.2 Å². The van der Waals surface area contributed by atoms with E-state index < -0.39 is 0 Å². The Kier molecular flexibility index (Phi) is 12.0. The van der Waals surface area contributed by atoms with Crippen LogP contribution in [0, 0.1) is 0 Å². The van der Waals surface area contributed by atoms with Gasteiger partial charge >= 0.3 is 0 Å². The van der Waals surface area contributed by atoms with Gasteiger partial charge in [0.15, 0.2) is 0 Å². The summed E-state index contributed by atoms with van der Waals surface area (Å²) in [7, 11) is 0. The Morgan fingerprint density at radius 2 is 1.67 bits per heavy atom. The number of nitrogens with one attached hydrogen (secondary N) is 1. The van der Waals surface area contributed by atoms with Crippen LogP contribution in [0.2, 0.25) is 0 Å². The Hall–Kier alpha value is -0.830. The van der Waals surface area contributed by atoms with Gasteiger partial charge in [0, 0.05) is 25.3 Å². The fourth-order valence-electron chi connectivity index (χ4n) is 1.59. The van der Waals surface area contributed by atoms with Gasteiger partial charge in [-0.05, 0) is 26.2 Å². The number of carbonyl (C=O) groups excluding carboxylic acids is 1. The van der Waals surface area contributed by atoms with Crippen molar-refractivity contribution in [1.29, 1.82) is 0 Å². The van der Waals surface area contributed by atoms with Crippen LogP contribution in [0.15, 0.2) is 12.2 Å². The molecule has 18 heavy (non-hydrogen) atoms. The molecule has 0 aromatic rings. The van der Waals surface area contributed by atoms with E-state index >= 15 is 0 Å². The molecule has 0 fully saturated rings. The summed E-state index contributed by atoms with van der Waals surface area (Å²) in [5.41, 5.74) is 0.568. The molecule has 0 heterocycles. The molecule has 0 spiro atoms. The Balaban J connectivity index is 3.07. The quantitative estimate of drug-likeness (QED) is 0.428. The Morgan fingerprint density at radius 3 is 2.28 bits per heavy atom. The predicted molar refractivity (Wildman–Crippen MR) is 76.6 cm³/mol. The topological polar surface area (TPSA) is 38.3 Å². The van der Waals surface area contributed by atoms with Crippen molar-refractivity contribution in [2.45, 2.75) is 58.8 Å². The molecule has 0 saturated carbocycles. The molecule has 0 aliphatic heterocycles. The van der Waals surface area contributed by atoms with E-state index in [2.05, 4.69) is 18.8 Å². The Labute approximate surface area is 112 Å². The van der Waals surface area contributed by atoms with Crippen LogP contribution >= 0.6 is 0 Å². The summed E-state index contributed by atoms with van der Waals surface area (Å²) < 4.78 is 5.54. The normalized spacial score (nSPS) is 10.3. The molecule has 0 unspecified atom stereocenters. The molecule has 1 N–H and O–H groups in total. The van der Waals surface area contributed by atoms with E-state index in [1.165, 1.54) is 32.1 Å². The molecule has 3 nitrogen and oxygen atoms in total. The number of hydrogen-bond donors (Lipinski definition) is 1. The van der Waals surface area contributed by atoms with E-state index in [0.29, 0.717) is 12.1 Å². The molecule has 0 radical (unpaired) electrons. The van der Waals surface area contributed by atoms with Crippen LogP contribution in [-0.2, 0) is 9.53 Å². The molecule has 0 aromatic heterocycles. The smallest absolute Gasteiger partial charge is 0.246 e. The summed E-state index contributed by atoms with van der Waals surface area (Å²) in [6.07, 6.45) is 8.38. The first kappa shape index (κ1) is 17.2. The summed E-state index contributed by atoms with van der Waals surface area (Å²) in [5, 5.41) is 2.81. The Bertz CT molecular complexity index is 227. The summed E-state index contributed by atoms with van der Waals surface area (Å²) in [5.74, 6) is -0.0492. The number of amides is 1. The van der Waals surface area contributed by atoms with Crippen LogP contribution in [0.25, 0.3) is 0 Å². The molecule has 0 rings (SSSR count). The molecular formula is C15H29NO2. The number of rotatable bonds is 12. The molecule has 0 aliphatic rings. The Morgan fingerprint density at radius 1 is 1.06 bits per heavy atom. The zero-order valence-electron chi connectivity index (χ0n) is 12.1. The highest BCUT2D eigenvalue weighted by molar-refractivity contribution is 5.91. The minimum absolute atomic E-state index is 0.0492. The lowest BCUT2D eigenvalue weighted by molar-refractivity contribution is -0.117. The number of unbranched alkanes of at least 4 members (excludes halogenated alkanes) is 5. The maximum Gasteiger partial charge on any atom is 0.246 e. The second kappa shape index (κ2) is 12.6. The molecule has 1 amide bonds. The lowest BCUT2D eigenvalue weighted by atomic mass is 10.2. The molecule has 0 bridgehead atoms. The first-order valence-corrected chi connectivity index (χ1v) is 7.20. The lowest BCUT2D eigenvalue weighted by Crippen LogP contribution is -2.24. The maximum atomic E-state index is 11.2. The largest absolute Gasteiger partial charge is 0.381 e. The average molecular weight is 255 g/mol. The van der Waals surface area contributed by atoms with Gasteiger partial charge < -0.3 is 10.1 Å². The third-order valence-corrected chi connectivity index (χ3v) is 2.78. The van der Waals surface area contributed by atoms with E-state index in [0.717, 1.165) is 26.1 Å². The zero-order chi connectivity index (χ0) is 13.6. The van der Waals surface area contributed by atoms with Gasteiger partial charge in [0.25, 0.3) is 0 Å². The van der Waals surface area contributed by atoms with Crippen LogP contribution in [0.5, 0.6) is 0 Å². The predicted octanol–water partition coefficient (Wildman–Crippen LogP) is 3.45. The van der Waals surface area contributed by atoms with Crippen LogP contribution in [-0.4, -0.2) is 25.7 Å². The molecular weight excluding hydrogens is 226 g/mol. The second-order valence-electron chi connectivity index (χ2n) is 4.77. The van der Waals surface area contributed by atoms with Gasteiger partial charge in [0.1, 0.15) is 0 Å². The van der Waals surface area contributed by atoms with Crippen molar-refractivity contribution < 1.29 is 9.53 Å². The molecule has 0 aliphatic carbocycles. The van der Waals surface area contributed by atoms with E-state index in [1.807, 2.05) is 0 Å². The molecule has 106 valence electrons. The average Bonchev–Trinajstić information content (AvgIpc) is 2.35. The minimum atomic E-state index is -0.0492. The zero-order valence-corrected chi connectivity index (χ0v) is 12.1. The molecule has 0 saturated heterocycles.